The van der Waals surface area contributed by atoms with Crippen LogP contribution in [0, 0.1) is 11.3 Å². The highest BCUT2D eigenvalue weighted by Gasteiger charge is 2.59. The number of aliphatic carboxylic acids is 1. The van der Waals surface area contributed by atoms with E-state index >= 15 is 0 Å². The summed E-state index contributed by atoms with van der Waals surface area (Å²) in [6, 6.07) is 6.07. The summed E-state index contributed by atoms with van der Waals surface area (Å²) in [5, 5.41) is 9.15. The van der Waals surface area contributed by atoms with E-state index in [4.69, 9.17) is 5.11 Å². The van der Waals surface area contributed by atoms with Crippen LogP contribution in [0.3, 0.4) is 0 Å². The Morgan fingerprint density at radius 1 is 1.18 bits per heavy atom. The quantitative estimate of drug-likeness (QED) is 0.913. The number of carboxylic acids is 1. The molecule has 0 aromatic heterocycles. The number of benzene rings is 1. The molecule has 0 bridgehead atoms. The van der Waals surface area contributed by atoms with Gasteiger partial charge in [-0.3, -0.25) is 9.59 Å². The van der Waals surface area contributed by atoms with Crippen molar-refractivity contribution in [2.75, 3.05) is 13.1 Å². The van der Waals surface area contributed by atoms with E-state index in [1.807, 2.05) is 17.0 Å². The molecule has 1 amide bonds. The van der Waals surface area contributed by atoms with Gasteiger partial charge in [-0.15, -0.1) is 0 Å². The maximum atomic E-state index is 12.8. The van der Waals surface area contributed by atoms with Gasteiger partial charge in [-0.05, 0) is 61.1 Å². The van der Waals surface area contributed by atoms with Gasteiger partial charge in [-0.25, -0.2) is 0 Å². The van der Waals surface area contributed by atoms with Crippen LogP contribution in [0.4, 0.5) is 0 Å². The zero-order chi connectivity index (χ0) is 15.3. The summed E-state index contributed by atoms with van der Waals surface area (Å²) in [4.78, 5) is 25.9. The number of hydrogen-bond donors (Lipinski definition) is 1. The molecule has 1 saturated carbocycles. The number of carbonyl (C=O) groups is 2. The van der Waals surface area contributed by atoms with Gasteiger partial charge in [0.15, 0.2) is 0 Å². The zero-order valence-corrected chi connectivity index (χ0v) is 12.7. The second-order valence-corrected chi connectivity index (χ2v) is 7.05. The Kier molecular flexibility index (Phi) is 3.03. The van der Waals surface area contributed by atoms with Crippen molar-refractivity contribution in [3.05, 3.63) is 34.9 Å². The molecule has 2 aliphatic carbocycles. The first-order chi connectivity index (χ1) is 10.6. The van der Waals surface area contributed by atoms with Crippen LogP contribution in [0.15, 0.2) is 18.2 Å². The standard InChI is InChI=1S/C18H21NO3/c20-16(14-6-2-4-12-3-1-5-13(12)14)19-9-7-18(8-10-19)11-15(18)17(21)22/h2,4,6,15H,1,3,5,7-11H2,(H,21,22). The molecule has 1 saturated heterocycles. The lowest BCUT2D eigenvalue weighted by Gasteiger charge is -2.33. The number of carboxylic acid groups (broad SMARTS) is 1. The van der Waals surface area contributed by atoms with Gasteiger partial charge in [0, 0.05) is 18.7 Å². The van der Waals surface area contributed by atoms with Gasteiger partial charge in [-0.1, -0.05) is 12.1 Å². The number of amides is 1. The van der Waals surface area contributed by atoms with Crippen molar-refractivity contribution in [3.8, 4) is 0 Å². The van der Waals surface area contributed by atoms with Gasteiger partial charge in [0.1, 0.15) is 0 Å². The van der Waals surface area contributed by atoms with Crippen molar-refractivity contribution in [3.63, 3.8) is 0 Å². The van der Waals surface area contributed by atoms with E-state index in [0.29, 0.717) is 13.1 Å². The molecule has 1 aromatic rings. The molecule has 4 nitrogen and oxygen atoms in total. The topological polar surface area (TPSA) is 57.6 Å². The van der Waals surface area contributed by atoms with Crippen molar-refractivity contribution in [1.29, 1.82) is 0 Å². The number of hydrogen-bond acceptors (Lipinski definition) is 2. The Balaban J connectivity index is 1.47. The van der Waals surface area contributed by atoms with Crippen LogP contribution in [0.5, 0.6) is 0 Å². The summed E-state index contributed by atoms with van der Waals surface area (Å²) < 4.78 is 0. The molecule has 4 rings (SSSR count). The molecule has 1 N–H and O–H groups in total. The predicted octanol–water partition coefficient (Wildman–Crippen LogP) is 2.50. The monoisotopic (exact) mass is 299 g/mol. The summed E-state index contributed by atoms with van der Waals surface area (Å²) >= 11 is 0. The Hall–Kier alpha value is -1.84. The van der Waals surface area contributed by atoms with E-state index in [9.17, 15) is 9.59 Å². The zero-order valence-electron chi connectivity index (χ0n) is 12.7. The fourth-order valence-corrected chi connectivity index (χ4v) is 4.39. The fourth-order valence-electron chi connectivity index (χ4n) is 4.39. The molecule has 22 heavy (non-hydrogen) atoms. The number of nitrogens with zero attached hydrogens (tertiary/aromatic N) is 1. The van der Waals surface area contributed by atoms with E-state index in [1.54, 1.807) is 0 Å². The third-order valence-corrected chi connectivity index (χ3v) is 5.91. The minimum atomic E-state index is -0.666. The van der Waals surface area contributed by atoms with Crippen LogP contribution < -0.4 is 0 Å². The Labute approximate surface area is 130 Å². The highest BCUT2D eigenvalue weighted by Crippen LogP contribution is 2.59. The van der Waals surface area contributed by atoms with Gasteiger partial charge < -0.3 is 10.0 Å². The average Bonchev–Trinajstić information content (AvgIpc) is 3.01. The molecule has 116 valence electrons. The van der Waals surface area contributed by atoms with E-state index in [1.165, 1.54) is 11.1 Å². The van der Waals surface area contributed by atoms with Crippen molar-refractivity contribution in [1.82, 2.24) is 4.90 Å². The van der Waals surface area contributed by atoms with Gasteiger partial charge >= 0.3 is 5.97 Å². The molecule has 1 unspecified atom stereocenters. The van der Waals surface area contributed by atoms with E-state index in [-0.39, 0.29) is 17.2 Å². The van der Waals surface area contributed by atoms with Gasteiger partial charge in [-0.2, -0.15) is 0 Å². The lowest BCUT2D eigenvalue weighted by molar-refractivity contribution is -0.139. The summed E-state index contributed by atoms with van der Waals surface area (Å²) in [5.74, 6) is -0.701. The first kappa shape index (κ1) is 13.8. The molecule has 1 aliphatic heterocycles. The minimum Gasteiger partial charge on any atom is -0.481 e. The second kappa shape index (κ2) is 4.83. The maximum absolute atomic E-state index is 12.8. The van der Waals surface area contributed by atoms with Crippen LogP contribution in [0.25, 0.3) is 0 Å². The van der Waals surface area contributed by atoms with Crippen LogP contribution in [0.1, 0.15) is 47.2 Å². The van der Waals surface area contributed by atoms with Crippen molar-refractivity contribution in [2.24, 2.45) is 11.3 Å². The number of rotatable bonds is 2. The van der Waals surface area contributed by atoms with E-state index in [0.717, 1.165) is 44.1 Å². The molecular formula is C18H21NO3. The summed E-state index contributed by atoms with van der Waals surface area (Å²) in [5.41, 5.74) is 3.42. The van der Waals surface area contributed by atoms with Gasteiger partial charge in [0.25, 0.3) is 5.91 Å². The molecule has 1 aromatic carbocycles. The molecule has 3 aliphatic rings. The Morgan fingerprint density at radius 3 is 2.64 bits per heavy atom. The van der Waals surface area contributed by atoms with Gasteiger partial charge in [0.2, 0.25) is 0 Å². The number of likely N-dealkylation sites (tertiary alicyclic amines) is 1. The van der Waals surface area contributed by atoms with Crippen LogP contribution >= 0.6 is 0 Å². The second-order valence-electron chi connectivity index (χ2n) is 7.05. The largest absolute Gasteiger partial charge is 0.481 e. The maximum Gasteiger partial charge on any atom is 0.307 e. The van der Waals surface area contributed by atoms with Crippen molar-refractivity contribution in [2.45, 2.75) is 38.5 Å². The highest BCUT2D eigenvalue weighted by molar-refractivity contribution is 5.96. The third-order valence-electron chi connectivity index (χ3n) is 5.91. The molecule has 1 heterocycles. The van der Waals surface area contributed by atoms with Crippen LogP contribution in [0.2, 0.25) is 0 Å². The Morgan fingerprint density at radius 2 is 1.95 bits per heavy atom. The lowest BCUT2D eigenvalue weighted by Crippen LogP contribution is -2.40. The summed E-state index contributed by atoms with van der Waals surface area (Å²) in [6.45, 7) is 1.40. The molecule has 1 spiro atoms. The molecular weight excluding hydrogens is 278 g/mol. The van der Waals surface area contributed by atoms with E-state index < -0.39 is 5.97 Å². The smallest absolute Gasteiger partial charge is 0.307 e. The molecule has 1 atom stereocenters. The van der Waals surface area contributed by atoms with Crippen LogP contribution in [-0.2, 0) is 17.6 Å². The Bertz CT molecular complexity index is 644. The fraction of sp³-hybridized carbons (Fsp3) is 0.556. The van der Waals surface area contributed by atoms with Crippen molar-refractivity contribution >= 4 is 11.9 Å². The number of carbonyl (C=O) groups excluding carboxylic acids is 1. The average molecular weight is 299 g/mol. The van der Waals surface area contributed by atoms with Crippen LogP contribution in [-0.4, -0.2) is 35.0 Å². The normalized spacial score (nSPS) is 25.1. The molecule has 4 heteroatoms. The number of fused-ring (bicyclic) bond motifs is 1. The molecule has 0 radical (unpaired) electrons. The summed E-state index contributed by atoms with van der Waals surface area (Å²) in [7, 11) is 0. The first-order valence-corrected chi connectivity index (χ1v) is 8.24. The number of aryl methyl sites for hydroxylation is 1. The molecule has 2 fully saturated rings. The highest BCUT2D eigenvalue weighted by atomic mass is 16.4. The lowest BCUT2D eigenvalue weighted by atomic mass is 9.90. The minimum absolute atomic E-state index is 0.0127. The number of piperidine rings is 1. The first-order valence-electron chi connectivity index (χ1n) is 8.24. The van der Waals surface area contributed by atoms with Gasteiger partial charge in [0.05, 0.1) is 5.92 Å². The summed E-state index contributed by atoms with van der Waals surface area (Å²) in [6.07, 6.45) is 5.71. The predicted molar refractivity (Wildman–Crippen MR) is 81.8 cm³/mol. The van der Waals surface area contributed by atoms with E-state index in [2.05, 4.69) is 6.07 Å². The third kappa shape index (κ3) is 2.04. The van der Waals surface area contributed by atoms with Crippen molar-refractivity contribution < 1.29 is 14.7 Å². The SMILES string of the molecule is O=C(O)C1CC12CCN(C(=O)c1cccc3c1CCC3)CC2.